The second kappa shape index (κ2) is 5.75. The lowest BCUT2D eigenvalue weighted by Gasteiger charge is -2.07. The van der Waals surface area contributed by atoms with E-state index >= 15 is 0 Å². The van der Waals surface area contributed by atoms with Crippen molar-refractivity contribution in [2.45, 2.75) is 6.92 Å². The Labute approximate surface area is 94.1 Å². The summed E-state index contributed by atoms with van der Waals surface area (Å²) in [6.07, 6.45) is 1.53. The average molecular weight is 222 g/mol. The van der Waals surface area contributed by atoms with Crippen molar-refractivity contribution in [2.24, 2.45) is 5.10 Å². The van der Waals surface area contributed by atoms with Gasteiger partial charge in [-0.15, -0.1) is 0 Å². The van der Waals surface area contributed by atoms with E-state index in [1.54, 1.807) is 26.4 Å². The molecule has 0 aliphatic carbocycles. The lowest BCUT2D eigenvalue weighted by atomic mass is 10.2. The van der Waals surface area contributed by atoms with Gasteiger partial charge in [-0.3, -0.25) is 4.79 Å². The van der Waals surface area contributed by atoms with Crippen LogP contribution in [0.2, 0.25) is 0 Å². The van der Waals surface area contributed by atoms with Gasteiger partial charge in [-0.05, 0) is 23.8 Å². The monoisotopic (exact) mass is 222 g/mol. The molecule has 0 aromatic heterocycles. The number of rotatable bonds is 4. The van der Waals surface area contributed by atoms with E-state index in [0.717, 1.165) is 5.56 Å². The zero-order valence-electron chi connectivity index (χ0n) is 9.48. The van der Waals surface area contributed by atoms with E-state index < -0.39 is 0 Å². The van der Waals surface area contributed by atoms with Gasteiger partial charge < -0.3 is 9.47 Å². The lowest BCUT2D eigenvalue weighted by molar-refractivity contribution is -0.118. The fourth-order valence-corrected chi connectivity index (χ4v) is 1.13. The Morgan fingerprint density at radius 1 is 1.31 bits per heavy atom. The highest BCUT2D eigenvalue weighted by atomic mass is 16.5. The van der Waals surface area contributed by atoms with E-state index in [1.807, 2.05) is 6.07 Å². The smallest absolute Gasteiger partial charge is 0.236 e. The molecule has 0 atom stereocenters. The number of carbonyl (C=O) groups is 1. The fraction of sp³-hybridized carbons (Fsp3) is 0.273. The number of hydrazone groups is 1. The van der Waals surface area contributed by atoms with Crippen LogP contribution in [0.3, 0.4) is 0 Å². The maximum absolute atomic E-state index is 10.6. The molecule has 0 radical (unpaired) electrons. The van der Waals surface area contributed by atoms with Crippen molar-refractivity contribution >= 4 is 12.1 Å². The van der Waals surface area contributed by atoms with E-state index in [2.05, 4.69) is 10.5 Å². The molecule has 1 N–H and O–H groups in total. The summed E-state index contributed by atoms with van der Waals surface area (Å²) in [6, 6.07) is 5.35. The number of hydrogen-bond acceptors (Lipinski definition) is 4. The molecule has 5 nitrogen and oxygen atoms in total. The van der Waals surface area contributed by atoms with Gasteiger partial charge in [-0.1, -0.05) is 0 Å². The molecule has 1 aromatic rings. The van der Waals surface area contributed by atoms with Gasteiger partial charge in [0.2, 0.25) is 5.91 Å². The number of benzene rings is 1. The number of nitrogens with zero attached hydrogens (tertiary/aromatic N) is 1. The van der Waals surface area contributed by atoms with Crippen LogP contribution in [-0.2, 0) is 4.79 Å². The third-order valence-corrected chi connectivity index (χ3v) is 1.84. The maximum atomic E-state index is 10.6. The first kappa shape index (κ1) is 12.0. The highest BCUT2D eigenvalue weighted by Gasteiger charge is 2.02. The standard InChI is InChI=1S/C11H14N2O3/c1-8(14)13-12-7-9-4-5-10(15-2)11(6-9)16-3/h4-7H,1-3H3,(H,13,14)/b12-7-. The van der Waals surface area contributed by atoms with Crippen molar-refractivity contribution in [1.29, 1.82) is 0 Å². The molecule has 0 saturated heterocycles. The topological polar surface area (TPSA) is 59.9 Å². The molecular formula is C11H14N2O3. The molecule has 86 valence electrons. The Hall–Kier alpha value is -2.04. The number of ether oxygens (including phenoxy) is 2. The molecule has 0 bridgehead atoms. The molecule has 0 aliphatic heterocycles. The van der Waals surface area contributed by atoms with Crippen LogP contribution in [0.4, 0.5) is 0 Å². The second-order valence-electron chi connectivity index (χ2n) is 3.04. The van der Waals surface area contributed by atoms with Crippen molar-refractivity contribution in [3.63, 3.8) is 0 Å². The van der Waals surface area contributed by atoms with Gasteiger partial charge in [-0.2, -0.15) is 5.10 Å². The molecule has 5 heteroatoms. The van der Waals surface area contributed by atoms with Crippen LogP contribution < -0.4 is 14.9 Å². The van der Waals surface area contributed by atoms with Crippen molar-refractivity contribution in [3.05, 3.63) is 23.8 Å². The van der Waals surface area contributed by atoms with Crippen LogP contribution in [0.1, 0.15) is 12.5 Å². The Bertz CT molecular complexity index is 402. The first-order chi connectivity index (χ1) is 7.67. The molecule has 0 aliphatic rings. The molecule has 1 amide bonds. The Morgan fingerprint density at radius 2 is 2.00 bits per heavy atom. The summed E-state index contributed by atoms with van der Waals surface area (Å²) in [7, 11) is 3.13. The van der Waals surface area contributed by atoms with Crippen LogP contribution in [0, 0.1) is 0 Å². The summed E-state index contributed by atoms with van der Waals surface area (Å²) >= 11 is 0. The zero-order valence-corrected chi connectivity index (χ0v) is 9.48. The Kier molecular flexibility index (Phi) is 4.32. The van der Waals surface area contributed by atoms with E-state index in [-0.39, 0.29) is 5.91 Å². The normalized spacial score (nSPS) is 10.2. The van der Waals surface area contributed by atoms with Gasteiger partial charge in [0, 0.05) is 6.92 Å². The quantitative estimate of drug-likeness (QED) is 0.614. The van der Waals surface area contributed by atoms with Crippen LogP contribution >= 0.6 is 0 Å². The summed E-state index contributed by atoms with van der Waals surface area (Å²) in [5.74, 6) is 1.06. The summed E-state index contributed by atoms with van der Waals surface area (Å²) in [6.45, 7) is 1.39. The van der Waals surface area contributed by atoms with Crippen molar-refractivity contribution in [2.75, 3.05) is 14.2 Å². The predicted octanol–water partition coefficient (Wildman–Crippen LogP) is 1.17. The van der Waals surface area contributed by atoms with Crippen LogP contribution in [0.15, 0.2) is 23.3 Å². The van der Waals surface area contributed by atoms with E-state index in [9.17, 15) is 4.79 Å². The zero-order chi connectivity index (χ0) is 12.0. The van der Waals surface area contributed by atoms with E-state index in [1.165, 1.54) is 13.1 Å². The molecule has 16 heavy (non-hydrogen) atoms. The summed E-state index contributed by atoms with van der Waals surface area (Å²) in [5.41, 5.74) is 3.13. The fourth-order valence-electron chi connectivity index (χ4n) is 1.13. The SMILES string of the molecule is COc1ccc(/C=N\NC(C)=O)cc1OC. The minimum Gasteiger partial charge on any atom is -0.493 e. The third kappa shape index (κ3) is 3.27. The molecule has 0 heterocycles. The highest BCUT2D eigenvalue weighted by Crippen LogP contribution is 2.26. The Morgan fingerprint density at radius 3 is 2.56 bits per heavy atom. The van der Waals surface area contributed by atoms with E-state index in [0.29, 0.717) is 11.5 Å². The number of amides is 1. The molecule has 1 aromatic carbocycles. The van der Waals surface area contributed by atoms with Crippen molar-refractivity contribution < 1.29 is 14.3 Å². The first-order valence-corrected chi connectivity index (χ1v) is 4.69. The highest BCUT2D eigenvalue weighted by molar-refractivity contribution is 5.82. The number of hydrogen-bond donors (Lipinski definition) is 1. The van der Waals surface area contributed by atoms with Gasteiger partial charge in [0.15, 0.2) is 11.5 Å². The van der Waals surface area contributed by atoms with Crippen molar-refractivity contribution in [1.82, 2.24) is 5.43 Å². The van der Waals surface area contributed by atoms with Gasteiger partial charge in [0.05, 0.1) is 20.4 Å². The summed E-state index contributed by atoms with van der Waals surface area (Å²) in [4.78, 5) is 10.6. The Balaban J connectivity index is 2.82. The number of carbonyl (C=O) groups excluding carboxylic acids is 1. The molecule has 1 rings (SSSR count). The summed E-state index contributed by atoms with van der Waals surface area (Å²) < 4.78 is 10.2. The van der Waals surface area contributed by atoms with Gasteiger partial charge in [0.25, 0.3) is 0 Å². The molecule has 0 saturated carbocycles. The van der Waals surface area contributed by atoms with E-state index in [4.69, 9.17) is 9.47 Å². The second-order valence-corrected chi connectivity index (χ2v) is 3.04. The van der Waals surface area contributed by atoms with Gasteiger partial charge >= 0.3 is 0 Å². The predicted molar refractivity (Wildman–Crippen MR) is 61.0 cm³/mol. The third-order valence-electron chi connectivity index (χ3n) is 1.84. The summed E-state index contributed by atoms with van der Waals surface area (Å²) in [5, 5.41) is 3.75. The molecule has 0 spiro atoms. The molecule has 0 fully saturated rings. The first-order valence-electron chi connectivity index (χ1n) is 4.69. The van der Waals surface area contributed by atoms with Gasteiger partial charge in [-0.25, -0.2) is 5.43 Å². The minimum absolute atomic E-state index is 0.211. The molecule has 0 unspecified atom stereocenters. The van der Waals surface area contributed by atoms with Crippen molar-refractivity contribution in [3.8, 4) is 11.5 Å². The van der Waals surface area contributed by atoms with Crippen LogP contribution in [0.25, 0.3) is 0 Å². The van der Waals surface area contributed by atoms with Gasteiger partial charge in [0.1, 0.15) is 0 Å². The minimum atomic E-state index is -0.211. The lowest BCUT2D eigenvalue weighted by Crippen LogP contribution is -2.12. The number of nitrogens with one attached hydrogen (secondary N) is 1. The largest absolute Gasteiger partial charge is 0.493 e. The number of methoxy groups -OCH3 is 2. The maximum Gasteiger partial charge on any atom is 0.236 e. The average Bonchev–Trinajstić information content (AvgIpc) is 2.28. The van der Waals surface area contributed by atoms with Crippen LogP contribution in [0.5, 0.6) is 11.5 Å². The van der Waals surface area contributed by atoms with Crippen LogP contribution in [-0.4, -0.2) is 26.3 Å². The molecular weight excluding hydrogens is 208 g/mol.